The van der Waals surface area contributed by atoms with Gasteiger partial charge in [-0.3, -0.25) is 19.1 Å². The van der Waals surface area contributed by atoms with Gasteiger partial charge in [-0.25, -0.2) is 0 Å². The van der Waals surface area contributed by atoms with E-state index in [2.05, 4.69) is 25.7 Å². The highest BCUT2D eigenvalue weighted by Crippen LogP contribution is 2.15. The highest BCUT2D eigenvalue weighted by molar-refractivity contribution is 7.97. The lowest BCUT2D eigenvalue weighted by molar-refractivity contribution is -0.121. The molecule has 0 bridgehead atoms. The van der Waals surface area contributed by atoms with Crippen molar-refractivity contribution in [2.45, 2.75) is 45.1 Å². The first kappa shape index (κ1) is 27.9. The standard InChI is InChI=1S/C20H22N4O2S.C6H13NO/c1-14-6-8-16(9-7-14)27-23-13-19(25)21-10-11-22-20(26)18-12-15-4-2-3-5-17(15)24-18;1-5(8)7-6(2,3)4/h2-9,12,23-24H,10-11,13H2,1H3,(H,21,25)(H,22,26);1-4H3,(H,7,8). The van der Waals surface area contributed by atoms with Crippen molar-refractivity contribution in [2.24, 2.45) is 0 Å². The number of nitrogens with one attached hydrogen (secondary N) is 5. The fraction of sp³-hybridized carbons (Fsp3) is 0.346. The normalized spacial score (nSPS) is 10.8. The van der Waals surface area contributed by atoms with E-state index in [1.54, 1.807) is 0 Å². The van der Waals surface area contributed by atoms with Gasteiger partial charge in [0.05, 0.1) is 6.54 Å². The molecule has 0 spiro atoms. The van der Waals surface area contributed by atoms with Crippen LogP contribution in [0.1, 0.15) is 43.7 Å². The molecule has 35 heavy (non-hydrogen) atoms. The molecule has 188 valence electrons. The van der Waals surface area contributed by atoms with Gasteiger partial charge >= 0.3 is 0 Å². The van der Waals surface area contributed by atoms with Crippen molar-refractivity contribution in [2.75, 3.05) is 19.6 Å². The molecule has 3 amide bonds. The molecule has 2 aromatic carbocycles. The third kappa shape index (κ3) is 11.1. The molecule has 1 aromatic heterocycles. The van der Waals surface area contributed by atoms with Crippen molar-refractivity contribution in [1.29, 1.82) is 0 Å². The smallest absolute Gasteiger partial charge is 0.267 e. The van der Waals surface area contributed by atoms with Crippen molar-refractivity contribution >= 4 is 40.6 Å². The molecular weight excluding hydrogens is 462 g/mol. The second-order valence-corrected chi connectivity index (χ2v) is 10.0. The summed E-state index contributed by atoms with van der Waals surface area (Å²) in [5.74, 6) is -0.277. The van der Waals surface area contributed by atoms with Crippen LogP contribution < -0.4 is 20.7 Å². The number of fused-ring (bicyclic) bond motifs is 1. The highest BCUT2D eigenvalue weighted by Gasteiger charge is 2.09. The number of benzene rings is 2. The first-order valence-electron chi connectivity index (χ1n) is 11.4. The molecular formula is C26H35N5O3S. The second kappa shape index (κ2) is 13.6. The number of para-hydroxylation sites is 1. The number of rotatable bonds is 8. The zero-order valence-corrected chi connectivity index (χ0v) is 21.8. The fourth-order valence-electron chi connectivity index (χ4n) is 3.05. The van der Waals surface area contributed by atoms with Gasteiger partial charge < -0.3 is 20.9 Å². The minimum atomic E-state index is -0.187. The average molecular weight is 498 g/mol. The topological polar surface area (TPSA) is 115 Å². The number of hydrogen-bond acceptors (Lipinski definition) is 5. The van der Waals surface area contributed by atoms with Crippen LogP contribution in [0.4, 0.5) is 0 Å². The van der Waals surface area contributed by atoms with Crippen LogP contribution in [0.15, 0.2) is 59.5 Å². The number of amides is 3. The molecule has 0 unspecified atom stereocenters. The molecule has 3 rings (SSSR count). The summed E-state index contributed by atoms with van der Waals surface area (Å²) in [5, 5.41) is 9.30. The molecule has 0 aliphatic rings. The molecule has 1 heterocycles. The minimum absolute atomic E-state index is 0.0255. The third-order valence-corrected chi connectivity index (χ3v) is 5.30. The van der Waals surface area contributed by atoms with E-state index >= 15 is 0 Å². The van der Waals surface area contributed by atoms with Crippen LogP contribution in [0, 0.1) is 6.92 Å². The monoisotopic (exact) mass is 497 g/mol. The van der Waals surface area contributed by atoms with Gasteiger partial charge in [0.25, 0.3) is 5.91 Å². The first-order valence-corrected chi connectivity index (χ1v) is 12.2. The molecule has 5 N–H and O–H groups in total. The number of aromatic nitrogens is 1. The van der Waals surface area contributed by atoms with E-state index in [0.717, 1.165) is 15.8 Å². The van der Waals surface area contributed by atoms with Gasteiger partial charge in [0, 0.05) is 41.4 Å². The fourth-order valence-corrected chi connectivity index (χ4v) is 3.69. The second-order valence-electron chi connectivity index (χ2n) is 9.04. The number of carbonyl (C=O) groups excluding carboxylic acids is 3. The zero-order chi connectivity index (χ0) is 25.8. The SMILES string of the molecule is CC(=O)NC(C)(C)C.Cc1ccc(SNCC(=O)NCCNC(=O)c2cc3ccccc3[nH]2)cc1. The summed E-state index contributed by atoms with van der Waals surface area (Å²) in [4.78, 5) is 38.4. The lowest BCUT2D eigenvalue weighted by Gasteiger charge is -2.18. The van der Waals surface area contributed by atoms with Crippen molar-refractivity contribution in [3.05, 3.63) is 65.9 Å². The summed E-state index contributed by atoms with van der Waals surface area (Å²) in [7, 11) is 0. The van der Waals surface area contributed by atoms with E-state index in [9.17, 15) is 14.4 Å². The van der Waals surface area contributed by atoms with Crippen LogP contribution in [0.2, 0.25) is 0 Å². The summed E-state index contributed by atoms with van der Waals surface area (Å²) >= 11 is 1.42. The van der Waals surface area contributed by atoms with Gasteiger partial charge in [-0.2, -0.15) is 0 Å². The van der Waals surface area contributed by atoms with Gasteiger partial charge in [0.15, 0.2) is 0 Å². The minimum Gasteiger partial charge on any atom is -0.353 e. The van der Waals surface area contributed by atoms with Crippen LogP contribution in [-0.4, -0.2) is 47.9 Å². The van der Waals surface area contributed by atoms with Crippen molar-refractivity contribution in [3.8, 4) is 0 Å². The largest absolute Gasteiger partial charge is 0.353 e. The number of carbonyl (C=O) groups is 3. The Morgan fingerprint density at radius 3 is 2.20 bits per heavy atom. The van der Waals surface area contributed by atoms with Crippen LogP contribution in [0.25, 0.3) is 10.9 Å². The molecule has 0 aliphatic carbocycles. The molecule has 0 atom stereocenters. The number of H-pyrrole nitrogens is 1. The zero-order valence-electron chi connectivity index (χ0n) is 21.0. The maximum absolute atomic E-state index is 12.1. The molecule has 0 radical (unpaired) electrons. The predicted octanol–water partition coefficient (Wildman–Crippen LogP) is 3.54. The third-order valence-electron chi connectivity index (χ3n) is 4.50. The van der Waals surface area contributed by atoms with E-state index in [-0.39, 0.29) is 29.8 Å². The molecule has 8 nitrogen and oxygen atoms in total. The molecule has 0 fully saturated rings. The summed E-state index contributed by atoms with van der Waals surface area (Å²) in [6.45, 7) is 10.4. The van der Waals surface area contributed by atoms with Gasteiger partial charge in [-0.15, -0.1) is 0 Å². The van der Waals surface area contributed by atoms with Gasteiger partial charge in [0.1, 0.15) is 5.69 Å². The Hall–Kier alpha value is -3.30. The summed E-state index contributed by atoms with van der Waals surface area (Å²) in [5.41, 5.74) is 2.56. The van der Waals surface area contributed by atoms with Crippen LogP contribution >= 0.6 is 11.9 Å². The molecule has 0 saturated heterocycles. The first-order chi connectivity index (χ1) is 16.5. The Kier molecular flexibility index (Phi) is 10.8. The van der Waals surface area contributed by atoms with E-state index in [4.69, 9.17) is 0 Å². The van der Waals surface area contributed by atoms with Crippen molar-refractivity contribution in [1.82, 2.24) is 25.7 Å². The van der Waals surface area contributed by atoms with E-state index < -0.39 is 0 Å². The van der Waals surface area contributed by atoms with Crippen LogP contribution in [-0.2, 0) is 9.59 Å². The lowest BCUT2D eigenvalue weighted by atomic mass is 10.1. The van der Waals surface area contributed by atoms with E-state index in [1.165, 1.54) is 24.4 Å². The van der Waals surface area contributed by atoms with Crippen LogP contribution in [0.5, 0.6) is 0 Å². The van der Waals surface area contributed by atoms with E-state index in [0.29, 0.717) is 18.8 Å². The summed E-state index contributed by atoms with van der Waals surface area (Å²) in [6, 6.07) is 17.6. The molecule has 9 heteroatoms. The Bertz CT molecular complexity index is 1090. The predicted molar refractivity (Wildman–Crippen MR) is 142 cm³/mol. The van der Waals surface area contributed by atoms with Gasteiger partial charge in [-0.1, -0.05) is 35.9 Å². The Balaban J connectivity index is 0.000000466. The van der Waals surface area contributed by atoms with Gasteiger partial charge in [0.2, 0.25) is 11.8 Å². The molecule has 0 aliphatic heterocycles. The maximum atomic E-state index is 12.1. The quantitative estimate of drug-likeness (QED) is 0.241. The van der Waals surface area contributed by atoms with Gasteiger partial charge in [-0.05, 0) is 63.9 Å². The number of hydrogen-bond donors (Lipinski definition) is 5. The highest BCUT2D eigenvalue weighted by atomic mass is 32.2. The van der Waals surface area contributed by atoms with Crippen LogP contribution in [0.3, 0.4) is 0 Å². The Morgan fingerprint density at radius 2 is 1.60 bits per heavy atom. The Morgan fingerprint density at radius 1 is 0.943 bits per heavy atom. The number of aromatic amines is 1. The average Bonchev–Trinajstić information content (AvgIpc) is 3.21. The summed E-state index contributed by atoms with van der Waals surface area (Å²) in [6.07, 6.45) is 0. The van der Waals surface area contributed by atoms with E-state index in [1.807, 2.05) is 82.3 Å². The number of aryl methyl sites for hydroxylation is 1. The molecule has 0 saturated carbocycles. The lowest BCUT2D eigenvalue weighted by Crippen LogP contribution is -2.38. The Labute approximate surface area is 211 Å². The van der Waals surface area contributed by atoms with Crippen molar-refractivity contribution in [3.63, 3.8) is 0 Å². The molecule has 3 aromatic rings. The van der Waals surface area contributed by atoms with Crippen molar-refractivity contribution < 1.29 is 14.4 Å². The maximum Gasteiger partial charge on any atom is 0.267 e. The summed E-state index contributed by atoms with van der Waals surface area (Å²) < 4.78 is 3.02.